The number of H-pyrrole nitrogens is 1. The molecular formula is C30H29FN2O5. The third-order valence-corrected chi connectivity index (χ3v) is 7.00. The Hall–Kier alpha value is -3.85. The van der Waals surface area contributed by atoms with Crippen molar-refractivity contribution >= 4 is 0 Å². The molecule has 4 aromatic rings. The third kappa shape index (κ3) is 4.62. The molecule has 8 heteroatoms. The molecule has 5 rings (SSSR count). The summed E-state index contributed by atoms with van der Waals surface area (Å²) in [6, 6.07) is 27.3. The lowest BCUT2D eigenvalue weighted by Gasteiger charge is -2.37. The molecule has 3 aromatic carbocycles. The van der Waals surface area contributed by atoms with Crippen LogP contribution in [-0.2, 0) is 15.1 Å². The topological polar surface area (TPSA) is 93.5 Å². The number of hydrogen-bond acceptors (Lipinski definition) is 5. The summed E-state index contributed by atoms with van der Waals surface area (Å²) in [4.78, 5) is 26.3. The van der Waals surface area contributed by atoms with Crippen molar-refractivity contribution in [2.75, 3.05) is 6.61 Å². The first-order chi connectivity index (χ1) is 18.3. The van der Waals surface area contributed by atoms with Gasteiger partial charge in [0.05, 0.1) is 6.61 Å². The van der Waals surface area contributed by atoms with E-state index in [1.807, 2.05) is 91.9 Å². The number of aryl methyl sites for hydroxylation is 2. The highest BCUT2D eigenvalue weighted by Gasteiger charge is 2.47. The van der Waals surface area contributed by atoms with Crippen molar-refractivity contribution in [3.05, 3.63) is 140 Å². The molecule has 4 atom stereocenters. The largest absolute Gasteiger partial charge is 0.387 e. The van der Waals surface area contributed by atoms with E-state index in [0.29, 0.717) is 0 Å². The monoisotopic (exact) mass is 516 g/mol. The first-order valence-corrected chi connectivity index (χ1v) is 12.4. The van der Waals surface area contributed by atoms with Crippen molar-refractivity contribution in [3.63, 3.8) is 0 Å². The second-order valence-electron chi connectivity index (χ2n) is 9.57. The minimum absolute atomic E-state index is 0.174. The maximum Gasteiger partial charge on any atom is 0.330 e. The van der Waals surface area contributed by atoms with Crippen LogP contribution in [0.15, 0.2) is 101 Å². The van der Waals surface area contributed by atoms with Gasteiger partial charge in [-0.15, -0.1) is 0 Å². The van der Waals surface area contributed by atoms with Crippen LogP contribution < -0.4 is 11.2 Å². The van der Waals surface area contributed by atoms with Crippen LogP contribution in [0, 0.1) is 13.8 Å². The van der Waals surface area contributed by atoms with E-state index in [1.54, 1.807) is 0 Å². The second kappa shape index (κ2) is 10.5. The molecule has 1 fully saturated rings. The van der Waals surface area contributed by atoms with Gasteiger partial charge in [0.2, 0.25) is 0 Å². The van der Waals surface area contributed by atoms with Gasteiger partial charge in [0.1, 0.15) is 17.8 Å². The minimum Gasteiger partial charge on any atom is -0.387 e. The van der Waals surface area contributed by atoms with Gasteiger partial charge in [-0.1, -0.05) is 90.5 Å². The van der Waals surface area contributed by atoms with E-state index in [-0.39, 0.29) is 12.2 Å². The van der Waals surface area contributed by atoms with Crippen LogP contribution in [0.1, 0.15) is 34.0 Å². The standard InChI is InChI=1S/C30H29FN2O5/c1-19-13-15-23(16-14-19)30(21-9-5-3-6-10-21,22-11-7-4-8-12-22)37-18-24-26(34)25(31)28(38-24)33-17-20(2)27(35)32-29(33)36/h3-17,24-26,28,34H,18H2,1-2H3,(H,32,35,36)/t24-,25+,26-,28-/m1/s1. The van der Waals surface area contributed by atoms with Gasteiger partial charge in [0.25, 0.3) is 5.56 Å². The van der Waals surface area contributed by atoms with Crippen LogP contribution >= 0.6 is 0 Å². The average Bonchev–Trinajstić information content (AvgIpc) is 3.22. The number of aromatic nitrogens is 2. The SMILES string of the molecule is Cc1ccc(C(OC[C@H]2O[C@@H](n3cc(C)c(=O)[nH]c3=O)[C@@H](F)[C@@H]2O)(c2ccccc2)c2ccccc2)cc1. The number of hydrogen-bond donors (Lipinski definition) is 2. The van der Waals surface area contributed by atoms with Gasteiger partial charge in [0, 0.05) is 11.8 Å². The van der Waals surface area contributed by atoms with E-state index in [2.05, 4.69) is 4.98 Å². The highest BCUT2D eigenvalue weighted by molar-refractivity contribution is 5.48. The fourth-order valence-corrected chi connectivity index (χ4v) is 4.93. The maximum absolute atomic E-state index is 15.3. The van der Waals surface area contributed by atoms with Gasteiger partial charge < -0.3 is 14.6 Å². The summed E-state index contributed by atoms with van der Waals surface area (Å²) in [7, 11) is 0. The zero-order valence-electron chi connectivity index (χ0n) is 21.1. The Morgan fingerprint density at radius 1 is 0.921 bits per heavy atom. The van der Waals surface area contributed by atoms with Crippen LogP contribution in [0.4, 0.5) is 4.39 Å². The van der Waals surface area contributed by atoms with Crippen molar-refractivity contribution in [3.8, 4) is 0 Å². The number of alkyl halides is 1. The Kier molecular flexibility index (Phi) is 7.12. The highest BCUT2D eigenvalue weighted by Crippen LogP contribution is 2.42. The molecule has 0 unspecified atom stereocenters. The fourth-order valence-electron chi connectivity index (χ4n) is 4.93. The van der Waals surface area contributed by atoms with E-state index in [9.17, 15) is 14.7 Å². The number of aliphatic hydroxyl groups is 1. The average molecular weight is 517 g/mol. The molecule has 1 aromatic heterocycles. The Morgan fingerprint density at radius 2 is 1.47 bits per heavy atom. The summed E-state index contributed by atoms with van der Waals surface area (Å²) < 4.78 is 28.8. The molecule has 0 bridgehead atoms. The van der Waals surface area contributed by atoms with Gasteiger partial charge in [-0.2, -0.15) is 0 Å². The fraction of sp³-hybridized carbons (Fsp3) is 0.267. The number of benzene rings is 3. The quantitative estimate of drug-likeness (QED) is 0.365. The first-order valence-electron chi connectivity index (χ1n) is 12.4. The van der Waals surface area contributed by atoms with Crippen molar-refractivity contribution in [1.29, 1.82) is 0 Å². The van der Waals surface area contributed by atoms with Gasteiger partial charge in [-0.3, -0.25) is 14.3 Å². The molecular weight excluding hydrogens is 487 g/mol. The van der Waals surface area contributed by atoms with Gasteiger partial charge in [-0.25, -0.2) is 9.18 Å². The molecule has 2 N–H and O–H groups in total. The number of halogens is 1. The summed E-state index contributed by atoms with van der Waals surface area (Å²) in [6.45, 7) is 3.33. The van der Waals surface area contributed by atoms with E-state index in [4.69, 9.17) is 9.47 Å². The minimum atomic E-state index is -1.91. The van der Waals surface area contributed by atoms with Crippen LogP contribution in [0.25, 0.3) is 0 Å². The Morgan fingerprint density at radius 3 is 2.05 bits per heavy atom. The van der Waals surface area contributed by atoms with Crippen molar-refractivity contribution in [2.24, 2.45) is 0 Å². The number of nitrogens with one attached hydrogen (secondary N) is 1. The van der Waals surface area contributed by atoms with Crippen molar-refractivity contribution < 1.29 is 19.0 Å². The highest BCUT2D eigenvalue weighted by atomic mass is 19.1. The zero-order chi connectivity index (χ0) is 26.9. The summed E-state index contributed by atoms with van der Waals surface area (Å²) in [5.74, 6) is 0. The molecule has 0 aliphatic carbocycles. The number of ether oxygens (including phenoxy) is 2. The Labute approximate surface area is 219 Å². The lowest BCUT2D eigenvalue weighted by molar-refractivity contribution is -0.0950. The Bertz CT molecular complexity index is 1460. The van der Waals surface area contributed by atoms with Gasteiger partial charge in [0.15, 0.2) is 12.4 Å². The summed E-state index contributed by atoms with van der Waals surface area (Å²) >= 11 is 0. The molecule has 0 radical (unpaired) electrons. The molecule has 1 aliphatic heterocycles. The Balaban J connectivity index is 1.54. The summed E-state index contributed by atoms with van der Waals surface area (Å²) in [5, 5.41) is 10.8. The normalized spacial score (nSPS) is 21.5. The molecule has 1 aliphatic rings. The smallest absolute Gasteiger partial charge is 0.330 e. The van der Waals surface area contributed by atoms with Crippen LogP contribution in [-0.4, -0.2) is 39.6 Å². The third-order valence-electron chi connectivity index (χ3n) is 7.00. The molecule has 0 spiro atoms. The first kappa shape index (κ1) is 25.8. The van der Waals surface area contributed by atoms with Crippen molar-refractivity contribution in [1.82, 2.24) is 9.55 Å². The zero-order valence-corrected chi connectivity index (χ0v) is 21.1. The molecule has 0 amide bonds. The molecule has 0 saturated carbocycles. The van der Waals surface area contributed by atoms with E-state index in [1.165, 1.54) is 13.1 Å². The van der Waals surface area contributed by atoms with Crippen molar-refractivity contribution in [2.45, 2.75) is 44.1 Å². The molecule has 196 valence electrons. The molecule has 2 heterocycles. The lowest BCUT2D eigenvalue weighted by atomic mass is 9.79. The number of rotatable bonds is 7. The number of aromatic amines is 1. The van der Waals surface area contributed by atoms with Crippen LogP contribution in [0.3, 0.4) is 0 Å². The summed E-state index contributed by atoms with van der Waals surface area (Å²) in [5.41, 5.74) is 1.40. The van der Waals surface area contributed by atoms with E-state index >= 15 is 4.39 Å². The van der Waals surface area contributed by atoms with Gasteiger partial charge in [-0.05, 0) is 30.5 Å². The van der Waals surface area contributed by atoms with E-state index < -0.39 is 41.5 Å². The number of nitrogens with zero attached hydrogens (tertiary/aromatic N) is 1. The van der Waals surface area contributed by atoms with E-state index in [0.717, 1.165) is 26.8 Å². The summed E-state index contributed by atoms with van der Waals surface area (Å²) in [6.07, 6.45) is -4.72. The second-order valence-corrected chi connectivity index (χ2v) is 9.57. The van der Waals surface area contributed by atoms with Crippen LogP contribution in [0.5, 0.6) is 0 Å². The predicted molar refractivity (Wildman–Crippen MR) is 141 cm³/mol. The van der Waals surface area contributed by atoms with Crippen LogP contribution in [0.2, 0.25) is 0 Å². The lowest BCUT2D eigenvalue weighted by Crippen LogP contribution is -2.39. The number of aliphatic hydroxyl groups excluding tert-OH is 1. The molecule has 38 heavy (non-hydrogen) atoms. The molecule has 7 nitrogen and oxygen atoms in total. The predicted octanol–water partition coefficient (Wildman–Crippen LogP) is 3.76. The molecule has 1 saturated heterocycles. The van der Waals surface area contributed by atoms with Gasteiger partial charge >= 0.3 is 5.69 Å². The maximum atomic E-state index is 15.3.